The highest BCUT2D eigenvalue weighted by molar-refractivity contribution is 7.99. The molecular weight excluding hydrogens is 342 g/mol. The Balaban J connectivity index is 1.51. The third-order valence-electron chi connectivity index (χ3n) is 5.06. The van der Waals surface area contributed by atoms with Crippen molar-refractivity contribution in [3.05, 3.63) is 42.1 Å². The topological polar surface area (TPSA) is 46.4 Å². The minimum atomic E-state index is 0.709. The van der Waals surface area contributed by atoms with Crippen LogP contribution >= 0.6 is 11.8 Å². The maximum absolute atomic E-state index is 9.21. The first-order chi connectivity index (χ1) is 12.7. The van der Waals surface area contributed by atoms with Crippen LogP contribution in [0.4, 0.5) is 11.5 Å². The minimum absolute atomic E-state index is 0.709. The zero-order chi connectivity index (χ0) is 17.9. The molecule has 134 valence electrons. The maximum atomic E-state index is 9.21. The maximum Gasteiger partial charge on any atom is 0.147 e. The molecule has 1 saturated heterocycles. The van der Waals surface area contributed by atoms with E-state index in [0.29, 0.717) is 5.56 Å². The van der Waals surface area contributed by atoms with Crippen LogP contribution in [0.25, 0.3) is 0 Å². The van der Waals surface area contributed by atoms with Crippen molar-refractivity contribution in [2.75, 3.05) is 51.2 Å². The number of aromatic nitrogens is 1. The van der Waals surface area contributed by atoms with Gasteiger partial charge in [-0.1, -0.05) is 11.8 Å². The fourth-order valence-electron chi connectivity index (χ4n) is 3.54. The summed E-state index contributed by atoms with van der Waals surface area (Å²) in [5.74, 6) is 1.04. The van der Waals surface area contributed by atoms with Gasteiger partial charge in [0.25, 0.3) is 0 Å². The number of benzene rings is 1. The summed E-state index contributed by atoms with van der Waals surface area (Å²) in [6.45, 7) is 6.68. The van der Waals surface area contributed by atoms with Crippen molar-refractivity contribution in [1.29, 1.82) is 5.26 Å². The first-order valence-corrected chi connectivity index (χ1v) is 9.92. The summed E-state index contributed by atoms with van der Waals surface area (Å²) in [6.07, 6.45) is 2.96. The van der Waals surface area contributed by atoms with Gasteiger partial charge >= 0.3 is 0 Å². The molecule has 0 saturated carbocycles. The molecule has 0 atom stereocenters. The van der Waals surface area contributed by atoms with E-state index >= 15 is 0 Å². The lowest BCUT2D eigenvalue weighted by atomic mass is 10.2. The van der Waals surface area contributed by atoms with Crippen molar-refractivity contribution in [2.24, 2.45) is 0 Å². The Labute approximate surface area is 159 Å². The van der Waals surface area contributed by atoms with Gasteiger partial charge in [-0.05, 0) is 50.3 Å². The molecule has 2 aliphatic heterocycles. The van der Waals surface area contributed by atoms with Gasteiger partial charge in [0.05, 0.1) is 22.2 Å². The summed E-state index contributed by atoms with van der Waals surface area (Å²) in [7, 11) is 2.19. The molecule has 0 bridgehead atoms. The van der Waals surface area contributed by atoms with E-state index in [0.717, 1.165) is 61.3 Å². The first-order valence-electron chi connectivity index (χ1n) is 9.10. The highest BCUT2D eigenvalue weighted by Crippen LogP contribution is 2.47. The number of pyridine rings is 1. The first kappa shape index (κ1) is 17.3. The number of fused-ring (bicyclic) bond motifs is 2. The van der Waals surface area contributed by atoms with Gasteiger partial charge in [-0.25, -0.2) is 4.98 Å². The average molecular weight is 366 g/mol. The average Bonchev–Trinajstić information content (AvgIpc) is 2.68. The van der Waals surface area contributed by atoms with Gasteiger partial charge in [0.1, 0.15) is 5.82 Å². The Kier molecular flexibility index (Phi) is 5.11. The highest BCUT2D eigenvalue weighted by atomic mass is 32.2. The van der Waals surface area contributed by atoms with Crippen LogP contribution in [-0.4, -0.2) is 61.1 Å². The SMILES string of the molecule is CN1CCN(CCCN2c3ccc(C#N)cc3Sc3cccnc32)CC1. The van der Waals surface area contributed by atoms with Crippen LogP contribution in [0.2, 0.25) is 0 Å². The molecule has 4 rings (SSSR count). The summed E-state index contributed by atoms with van der Waals surface area (Å²) in [5, 5.41) is 9.21. The van der Waals surface area contributed by atoms with Crippen LogP contribution in [0.3, 0.4) is 0 Å². The van der Waals surface area contributed by atoms with Crippen LogP contribution in [0, 0.1) is 11.3 Å². The molecule has 0 unspecified atom stereocenters. The van der Waals surface area contributed by atoms with Crippen LogP contribution in [-0.2, 0) is 0 Å². The van der Waals surface area contributed by atoms with E-state index in [-0.39, 0.29) is 0 Å². The third-order valence-corrected chi connectivity index (χ3v) is 6.14. The van der Waals surface area contributed by atoms with Crippen molar-refractivity contribution in [3.63, 3.8) is 0 Å². The van der Waals surface area contributed by atoms with Crippen molar-refractivity contribution in [1.82, 2.24) is 14.8 Å². The lowest BCUT2D eigenvalue weighted by Gasteiger charge is -2.34. The van der Waals surface area contributed by atoms with Gasteiger partial charge in [-0.2, -0.15) is 5.26 Å². The molecule has 1 aromatic carbocycles. The smallest absolute Gasteiger partial charge is 0.147 e. The van der Waals surface area contributed by atoms with Crippen LogP contribution in [0.5, 0.6) is 0 Å². The Morgan fingerprint density at radius 2 is 1.96 bits per heavy atom. The van der Waals surface area contributed by atoms with E-state index in [9.17, 15) is 5.26 Å². The number of likely N-dealkylation sites (N-methyl/N-ethyl adjacent to an activating group) is 1. The Morgan fingerprint density at radius 3 is 2.77 bits per heavy atom. The molecule has 0 aliphatic carbocycles. The number of rotatable bonds is 4. The van der Waals surface area contributed by atoms with Gasteiger partial charge in [-0.15, -0.1) is 0 Å². The molecule has 0 amide bonds. The second kappa shape index (κ2) is 7.67. The number of anilines is 2. The Morgan fingerprint density at radius 1 is 1.12 bits per heavy atom. The number of hydrogen-bond donors (Lipinski definition) is 0. The Hall–Kier alpha value is -2.07. The molecule has 0 spiro atoms. The fourth-order valence-corrected chi connectivity index (χ4v) is 4.64. The van der Waals surface area contributed by atoms with Crippen molar-refractivity contribution in [3.8, 4) is 6.07 Å². The number of piperazine rings is 1. The molecule has 2 aromatic rings. The largest absolute Gasteiger partial charge is 0.324 e. The zero-order valence-corrected chi connectivity index (χ0v) is 15.9. The zero-order valence-electron chi connectivity index (χ0n) is 15.1. The summed E-state index contributed by atoms with van der Waals surface area (Å²) >= 11 is 1.71. The standard InChI is InChI=1S/C20H23N5S/c1-23-10-12-24(13-11-23)8-3-9-25-17-6-5-16(15-21)14-19(17)26-18-4-2-7-22-20(18)25/h2,4-7,14H,3,8-13H2,1H3. The molecule has 5 nitrogen and oxygen atoms in total. The lowest BCUT2D eigenvalue weighted by molar-refractivity contribution is 0.153. The van der Waals surface area contributed by atoms with Gasteiger partial charge < -0.3 is 14.7 Å². The Bertz CT molecular complexity index is 823. The van der Waals surface area contributed by atoms with Crippen LogP contribution in [0.1, 0.15) is 12.0 Å². The third kappa shape index (κ3) is 3.56. The molecule has 1 fully saturated rings. The van der Waals surface area contributed by atoms with E-state index in [1.165, 1.54) is 5.69 Å². The molecule has 2 aliphatic rings. The summed E-state index contributed by atoms with van der Waals surface area (Å²) < 4.78 is 0. The van der Waals surface area contributed by atoms with E-state index in [4.69, 9.17) is 0 Å². The molecule has 6 heteroatoms. The van der Waals surface area contributed by atoms with Crippen LogP contribution in [0.15, 0.2) is 46.3 Å². The monoisotopic (exact) mass is 365 g/mol. The summed E-state index contributed by atoms with van der Waals surface area (Å²) in [5.41, 5.74) is 1.87. The van der Waals surface area contributed by atoms with Gasteiger partial charge in [0, 0.05) is 43.8 Å². The summed E-state index contributed by atoms with van der Waals surface area (Å²) in [4.78, 5) is 14.2. The van der Waals surface area contributed by atoms with Crippen molar-refractivity contribution >= 4 is 23.3 Å². The van der Waals surface area contributed by atoms with Gasteiger partial charge in [0.15, 0.2) is 0 Å². The highest BCUT2D eigenvalue weighted by Gasteiger charge is 2.24. The second-order valence-corrected chi connectivity index (χ2v) is 7.96. The lowest BCUT2D eigenvalue weighted by Crippen LogP contribution is -2.45. The number of hydrogen-bond acceptors (Lipinski definition) is 6. The van der Waals surface area contributed by atoms with Gasteiger partial charge in [-0.3, -0.25) is 0 Å². The van der Waals surface area contributed by atoms with Crippen LogP contribution < -0.4 is 4.90 Å². The molecular formula is C20H23N5S. The van der Waals surface area contributed by atoms with E-state index in [2.05, 4.69) is 44.9 Å². The van der Waals surface area contributed by atoms with Crippen molar-refractivity contribution in [2.45, 2.75) is 16.2 Å². The fraction of sp³-hybridized carbons (Fsp3) is 0.400. The molecule has 3 heterocycles. The predicted molar refractivity (Wildman–Crippen MR) is 105 cm³/mol. The molecule has 1 aromatic heterocycles. The molecule has 0 N–H and O–H groups in total. The number of nitriles is 1. The number of nitrogens with zero attached hydrogens (tertiary/aromatic N) is 5. The van der Waals surface area contributed by atoms with Gasteiger partial charge in [0.2, 0.25) is 0 Å². The van der Waals surface area contributed by atoms with Crippen molar-refractivity contribution < 1.29 is 0 Å². The van der Waals surface area contributed by atoms with E-state index in [1.54, 1.807) is 11.8 Å². The summed E-state index contributed by atoms with van der Waals surface area (Å²) in [6, 6.07) is 12.3. The molecule has 0 radical (unpaired) electrons. The second-order valence-electron chi connectivity index (χ2n) is 6.87. The molecule has 26 heavy (non-hydrogen) atoms. The predicted octanol–water partition coefficient (Wildman–Crippen LogP) is 3.19. The quantitative estimate of drug-likeness (QED) is 0.829. The normalized spacial score (nSPS) is 17.5. The van der Waals surface area contributed by atoms with E-state index in [1.807, 2.05) is 24.4 Å². The minimum Gasteiger partial charge on any atom is -0.324 e. The van der Waals surface area contributed by atoms with E-state index < -0.39 is 0 Å².